The summed E-state index contributed by atoms with van der Waals surface area (Å²) in [4.78, 5) is 2.67. The second kappa shape index (κ2) is 10.7. The molecule has 0 saturated carbocycles. The molecule has 1 rings (SSSR count). The molecular formula is C17H36N2. The van der Waals surface area contributed by atoms with Gasteiger partial charge in [-0.2, -0.15) is 0 Å². The maximum absolute atomic E-state index is 3.56. The summed E-state index contributed by atoms with van der Waals surface area (Å²) >= 11 is 0. The number of hydrogen-bond donors (Lipinski definition) is 1. The zero-order valence-corrected chi connectivity index (χ0v) is 13.6. The highest BCUT2D eigenvalue weighted by Crippen LogP contribution is 2.12. The molecule has 1 fully saturated rings. The van der Waals surface area contributed by atoms with E-state index in [2.05, 4.69) is 31.0 Å². The Kier molecular flexibility index (Phi) is 9.54. The standard InChI is InChI=1S/C17H36N2/c1-4-5-6-7-8-9-10-11-12-13-19-15-16(2)18-14-17(19)3/h16-18H,4-15H2,1-3H3. The minimum atomic E-state index is 0.676. The first-order chi connectivity index (χ1) is 9.24. The Morgan fingerprint density at radius 3 is 2.11 bits per heavy atom. The van der Waals surface area contributed by atoms with Crippen LogP contribution in [0.4, 0.5) is 0 Å². The molecule has 0 aromatic heterocycles. The van der Waals surface area contributed by atoms with Crippen molar-refractivity contribution in [2.75, 3.05) is 19.6 Å². The Morgan fingerprint density at radius 1 is 0.895 bits per heavy atom. The maximum Gasteiger partial charge on any atom is 0.0193 e. The molecule has 2 heteroatoms. The number of unbranched alkanes of at least 4 members (excludes halogenated alkanes) is 8. The first-order valence-corrected chi connectivity index (χ1v) is 8.71. The second-order valence-corrected chi connectivity index (χ2v) is 6.48. The van der Waals surface area contributed by atoms with E-state index in [1.54, 1.807) is 0 Å². The monoisotopic (exact) mass is 268 g/mol. The van der Waals surface area contributed by atoms with Crippen molar-refractivity contribution in [1.29, 1.82) is 0 Å². The van der Waals surface area contributed by atoms with Crippen LogP contribution in [0, 0.1) is 0 Å². The lowest BCUT2D eigenvalue weighted by atomic mass is 10.1. The van der Waals surface area contributed by atoms with Gasteiger partial charge in [-0.25, -0.2) is 0 Å². The summed E-state index contributed by atoms with van der Waals surface area (Å²) < 4.78 is 0. The summed E-state index contributed by atoms with van der Waals surface area (Å²) in [6, 6.07) is 1.40. The highest BCUT2D eigenvalue weighted by molar-refractivity contribution is 4.80. The van der Waals surface area contributed by atoms with Crippen LogP contribution < -0.4 is 5.32 Å². The Morgan fingerprint density at radius 2 is 1.47 bits per heavy atom. The molecule has 1 aliphatic heterocycles. The largest absolute Gasteiger partial charge is 0.311 e. The summed E-state index contributed by atoms with van der Waals surface area (Å²) in [5, 5.41) is 3.56. The average Bonchev–Trinajstić information content (AvgIpc) is 2.40. The fourth-order valence-corrected chi connectivity index (χ4v) is 3.03. The normalized spacial score (nSPS) is 24.8. The molecule has 1 heterocycles. The number of nitrogens with one attached hydrogen (secondary N) is 1. The fourth-order valence-electron chi connectivity index (χ4n) is 3.03. The van der Waals surface area contributed by atoms with Crippen LogP contribution in [0.15, 0.2) is 0 Å². The number of nitrogens with zero attached hydrogens (tertiary/aromatic N) is 1. The Balaban J connectivity index is 1.90. The van der Waals surface area contributed by atoms with Crippen LogP contribution in [0.25, 0.3) is 0 Å². The van der Waals surface area contributed by atoms with Gasteiger partial charge in [0, 0.05) is 25.2 Å². The van der Waals surface area contributed by atoms with Gasteiger partial charge in [0.25, 0.3) is 0 Å². The molecular weight excluding hydrogens is 232 g/mol. The van der Waals surface area contributed by atoms with E-state index in [-0.39, 0.29) is 0 Å². The fraction of sp³-hybridized carbons (Fsp3) is 1.00. The number of hydrogen-bond acceptors (Lipinski definition) is 2. The molecule has 19 heavy (non-hydrogen) atoms. The predicted octanol–water partition coefficient (Wildman–Crippen LogP) is 4.20. The highest BCUT2D eigenvalue weighted by Gasteiger charge is 2.21. The molecule has 0 amide bonds. The van der Waals surface area contributed by atoms with Crippen molar-refractivity contribution in [3.63, 3.8) is 0 Å². The lowest BCUT2D eigenvalue weighted by Gasteiger charge is -2.37. The van der Waals surface area contributed by atoms with E-state index in [1.807, 2.05) is 0 Å². The molecule has 2 nitrogen and oxygen atoms in total. The van der Waals surface area contributed by atoms with Crippen LogP contribution in [0.3, 0.4) is 0 Å². The molecule has 0 aromatic rings. The van der Waals surface area contributed by atoms with Gasteiger partial charge in [0.1, 0.15) is 0 Å². The molecule has 0 bridgehead atoms. The third-order valence-corrected chi connectivity index (χ3v) is 4.44. The van der Waals surface area contributed by atoms with Crippen LogP contribution in [-0.2, 0) is 0 Å². The van der Waals surface area contributed by atoms with Crippen LogP contribution in [-0.4, -0.2) is 36.6 Å². The van der Waals surface area contributed by atoms with E-state index in [4.69, 9.17) is 0 Å². The first kappa shape index (κ1) is 17.0. The van der Waals surface area contributed by atoms with Gasteiger partial charge < -0.3 is 5.32 Å². The predicted molar refractivity (Wildman–Crippen MR) is 85.7 cm³/mol. The summed E-state index contributed by atoms with van der Waals surface area (Å²) in [5.74, 6) is 0. The summed E-state index contributed by atoms with van der Waals surface area (Å²) in [6.07, 6.45) is 12.9. The molecule has 114 valence electrons. The molecule has 1 saturated heterocycles. The van der Waals surface area contributed by atoms with E-state index in [0.29, 0.717) is 6.04 Å². The van der Waals surface area contributed by atoms with Gasteiger partial charge in [-0.3, -0.25) is 4.90 Å². The van der Waals surface area contributed by atoms with Crippen molar-refractivity contribution in [2.45, 2.75) is 90.6 Å². The zero-order valence-electron chi connectivity index (χ0n) is 13.6. The van der Waals surface area contributed by atoms with Gasteiger partial charge in [-0.1, -0.05) is 58.3 Å². The topological polar surface area (TPSA) is 15.3 Å². The SMILES string of the molecule is CCCCCCCCCCCN1CC(C)NCC1C. The van der Waals surface area contributed by atoms with E-state index in [0.717, 1.165) is 6.04 Å². The van der Waals surface area contributed by atoms with Crippen molar-refractivity contribution >= 4 is 0 Å². The van der Waals surface area contributed by atoms with Gasteiger partial charge >= 0.3 is 0 Å². The number of piperazine rings is 1. The minimum absolute atomic E-state index is 0.676. The molecule has 1 aliphatic rings. The van der Waals surface area contributed by atoms with Gasteiger partial charge in [-0.05, 0) is 26.8 Å². The summed E-state index contributed by atoms with van der Waals surface area (Å²) in [7, 11) is 0. The van der Waals surface area contributed by atoms with Crippen molar-refractivity contribution in [3.8, 4) is 0 Å². The number of rotatable bonds is 10. The van der Waals surface area contributed by atoms with E-state index in [9.17, 15) is 0 Å². The molecule has 0 radical (unpaired) electrons. The molecule has 0 spiro atoms. The van der Waals surface area contributed by atoms with Crippen LogP contribution in [0.5, 0.6) is 0 Å². The van der Waals surface area contributed by atoms with E-state index in [1.165, 1.54) is 77.4 Å². The van der Waals surface area contributed by atoms with Gasteiger partial charge in [0.15, 0.2) is 0 Å². The van der Waals surface area contributed by atoms with E-state index < -0.39 is 0 Å². The zero-order chi connectivity index (χ0) is 13.9. The third kappa shape index (κ3) is 7.94. The average molecular weight is 268 g/mol. The van der Waals surface area contributed by atoms with Gasteiger partial charge in [0.2, 0.25) is 0 Å². The first-order valence-electron chi connectivity index (χ1n) is 8.71. The maximum atomic E-state index is 3.56. The van der Waals surface area contributed by atoms with Crippen molar-refractivity contribution in [3.05, 3.63) is 0 Å². The quantitative estimate of drug-likeness (QED) is 0.597. The lowest BCUT2D eigenvalue weighted by Crippen LogP contribution is -2.54. The molecule has 1 N–H and O–H groups in total. The van der Waals surface area contributed by atoms with Gasteiger partial charge in [-0.15, -0.1) is 0 Å². The summed E-state index contributed by atoms with van der Waals surface area (Å²) in [6.45, 7) is 10.7. The van der Waals surface area contributed by atoms with E-state index >= 15 is 0 Å². The van der Waals surface area contributed by atoms with Crippen molar-refractivity contribution < 1.29 is 0 Å². The Hall–Kier alpha value is -0.0800. The van der Waals surface area contributed by atoms with Crippen molar-refractivity contribution in [1.82, 2.24) is 10.2 Å². The second-order valence-electron chi connectivity index (χ2n) is 6.48. The summed E-state index contributed by atoms with van der Waals surface area (Å²) in [5.41, 5.74) is 0. The molecule has 2 atom stereocenters. The minimum Gasteiger partial charge on any atom is -0.311 e. The van der Waals surface area contributed by atoms with Crippen LogP contribution in [0.1, 0.15) is 78.6 Å². The van der Waals surface area contributed by atoms with Crippen LogP contribution >= 0.6 is 0 Å². The third-order valence-electron chi connectivity index (χ3n) is 4.44. The molecule has 2 unspecified atom stereocenters. The smallest absolute Gasteiger partial charge is 0.0193 e. The Bertz CT molecular complexity index is 205. The highest BCUT2D eigenvalue weighted by atomic mass is 15.2. The van der Waals surface area contributed by atoms with Gasteiger partial charge in [0.05, 0.1) is 0 Å². The van der Waals surface area contributed by atoms with Crippen LogP contribution in [0.2, 0.25) is 0 Å². The molecule has 0 aliphatic carbocycles. The Labute approximate surface area is 121 Å². The lowest BCUT2D eigenvalue weighted by molar-refractivity contribution is 0.144. The molecule has 0 aromatic carbocycles. The van der Waals surface area contributed by atoms with Crippen molar-refractivity contribution in [2.24, 2.45) is 0 Å².